The lowest BCUT2D eigenvalue weighted by Gasteiger charge is -2.18. The lowest BCUT2D eigenvalue weighted by molar-refractivity contribution is -0.479. The number of rotatable bonds is 10. The smallest absolute Gasteiger partial charge is 0.220 e. The van der Waals surface area contributed by atoms with Gasteiger partial charge in [0, 0.05) is 15.6 Å². The summed E-state index contributed by atoms with van der Waals surface area (Å²) >= 11 is 13.8. The number of benzene rings is 3. The second kappa shape index (κ2) is 11.8. The zero-order valence-corrected chi connectivity index (χ0v) is 22.1. The summed E-state index contributed by atoms with van der Waals surface area (Å²) in [5, 5.41) is 20.6. The minimum absolute atomic E-state index is 0.131. The molecule has 0 radical (unpaired) electrons. The summed E-state index contributed by atoms with van der Waals surface area (Å²) in [6.45, 7) is 1.53. The Hall–Kier alpha value is -3.34. The molecule has 0 aliphatic heterocycles. The molecule has 3 aromatic carbocycles. The number of methoxy groups -OCH3 is 1. The quantitative estimate of drug-likeness (QED) is 0.120. The van der Waals surface area contributed by atoms with E-state index in [0.29, 0.717) is 27.3 Å². The van der Waals surface area contributed by atoms with Crippen LogP contribution in [-0.2, 0) is 6.61 Å². The fourth-order valence-corrected chi connectivity index (χ4v) is 5.14. The summed E-state index contributed by atoms with van der Waals surface area (Å²) in [6, 6.07) is 16.3. The predicted octanol–water partition coefficient (Wildman–Crippen LogP) is 6.72. The predicted molar refractivity (Wildman–Crippen MR) is 140 cm³/mol. The second-order valence-corrected chi connectivity index (χ2v) is 9.93. The van der Waals surface area contributed by atoms with Crippen molar-refractivity contribution in [1.29, 1.82) is 0 Å². The summed E-state index contributed by atoms with van der Waals surface area (Å²) in [5.74, 6) is 0.862. The average Bonchev–Trinajstić information content (AvgIpc) is 3.23. The Morgan fingerprint density at radius 3 is 2.46 bits per heavy atom. The van der Waals surface area contributed by atoms with E-state index < -0.39 is 16.7 Å². The zero-order valence-electron chi connectivity index (χ0n) is 19.7. The van der Waals surface area contributed by atoms with Crippen LogP contribution in [0, 0.1) is 22.9 Å². The summed E-state index contributed by atoms with van der Waals surface area (Å²) in [4.78, 5) is 11.2. The van der Waals surface area contributed by atoms with E-state index in [-0.39, 0.29) is 23.2 Å². The van der Waals surface area contributed by atoms with E-state index >= 15 is 0 Å². The van der Waals surface area contributed by atoms with Gasteiger partial charge in [-0.3, -0.25) is 14.7 Å². The Bertz CT molecular complexity index is 1400. The van der Waals surface area contributed by atoms with Gasteiger partial charge >= 0.3 is 0 Å². The molecule has 4 aromatic rings. The van der Waals surface area contributed by atoms with Crippen LogP contribution in [0.1, 0.15) is 22.2 Å². The van der Waals surface area contributed by atoms with E-state index in [2.05, 4.69) is 10.2 Å². The maximum atomic E-state index is 13.2. The van der Waals surface area contributed by atoms with Crippen LogP contribution in [0.3, 0.4) is 0 Å². The van der Waals surface area contributed by atoms with Crippen LogP contribution in [0.4, 0.5) is 4.39 Å². The molecule has 1 aromatic heterocycles. The van der Waals surface area contributed by atoms with Gasteiger partial charge in [0.05, 0.1) is 12.1 Å². The van der Waals surface area contributed by atoms with Gasteiger partial charge in [-0.1, -0.05) is 47.1 Å². The van der Waals surface area contributed by atoms with Crippen LogP contribution >= 0.6 is 35.0 Å². The zero-order chi connectivity index (χ0) is 26.5. The maximum Gasteiger partial charge on any atom is 0.220 e. The maximum absolute atomic E-state index is 13.2. The third kappa shape index (κ3) is 6.51. The number of ether oxygens (including phenoxy) is 2. The normalized spacial score (nSPS) is 11.8. The van der Waals surface area contributed by atoms with Crippen molar-refractivity contribution in [2.24, 2.45) is 0 Å². The van der Waals surface area contributed by atoms with Crippen molar-refractivity contribution in [3.63, 3.8) is 0 Å². The largest absolute Gasteiger partial charge is 0.493 e. The highest BCUT2D eigenvalue weighted by Gasteiger charge is 2.26. The first-order valence-corrected chi connectivity index (χ1v) is 12.6. The highest BCUT2D eigenvalue weighted by Crippen LogP contribution is 2.43. The van der Waals surface area contributed by atoms with Crippen molar-refractivity contribution in [2.45, 2.75) is 23.9 Å². The molecule has 8 nitrogen and oxygen atoms in total. The highest BCUT2D eigenvalue weighted by molar-refractivity contribution is 7.99. The SMILES string of the molecule is COc1cc([C@@H](C[N+](=O)[O-])Sc2nnc(C)n2-c2ccc(Cl)cc2)cc(Cl)c1OCc1ccc(F)cc1. The van der Waals surface area contributed by atoms with Gasteiger partial charge in [-0.25, -0.2) is 4.39 Å². The van der Waals surface area contributed by atoms with Gasteiger partial charge in [0.25, 0.3) is 0 Å². The Balaban J connectivity index is 1.64. The van der Waals surface area contributed by atoms with Gasteiger partial charge in [-0.2, -0.15) is 0 Å². The molecule has 0 aliphatic carbocycles. The van der Waals surface area contributed by atoms with Crippen molar-refractivity contribution in [1.82, 2.24) is 14.8 Å². The van der Waals surface area contributed by atoms with Crippen LogP contribution in [0.25, 0.3) is 5.69 Å². The van der Waals surface area contributed by atoms with Crippen LogP contribution in [0.5, 0.6) is 11.5 Å². The van der Waals surface area contributed by atoms with E-state index in [1.165, 1.54) is 31.0 Å². The molecular weight excluding hydrogens is 542 g/mol. The number of nitrogens with zero attached hydrogens (tertiary/aromatic N) is 4. The van der Waals surface area contributed by atoms with Gasteiger partial charge in [0.15, 0.2) is 16.7 Å². The van der Waals surface area contributed by atoms with Gasteiger partial charge in [-0.15, -0.1) is 10.2 Å². The van der Waals surface area contributed by atoms with E-state index in [1.807, 2.05) is 12.1 Å². The van der Waals surface area contributed by atoms with Crippen LogP contribution in [-0.4, -0.2) is 33.3 Å². The summed E-state index contributed by atoms with van der Waals surface area (Å²) in [6.07, 6.45) is 0. The highest BCUT2D eigenvalue weighted by atomic mass is 35.5. The Labute approximate surface area is 226 Å². The number of aromatic nitrogens is 3. The molecule has 0 aliphatic rings. The lowest BCUT2D eigenvalue weighted by Crippen LogP contribution is -2.12. The second-order valence-electron chi connectivity index (χ2n) is 7.91. The summed E-state index contributed by atoms with van der Waals surface area (Å²) in [5.41, 5.74) is 2.07. The molecule has 0 fully saturated rings. The monoisotopic (exact) mass is 562 g/mol. The Morgan fingerprint density at radius 1 is 1.11 bits per heavy atom. The van der Waals surface area contributed by atoms with E-state index in [1.54, 1.807) is 47.9 Å². The van der Waals surface area contributed by atoms with Gasteiger partial charge < -0.3 is 9.47 Å². The number of thioether (sulfide) groups is 1. The summed E-state index contributed by atoms with van der Waals surface area (Å²) < 4.78 is 26.3. The molecule has 1 heterocycles. The molecule has 4 rings (SSSR count). The minimum Gasteiger partial charge on any atom is -0.493 e. The number of nitro groups is 1. The van der Waals surface area contributed by atoms with Crippen molar-refractivity contribution < 1.29 is 18.8 Å². The number of hydrogen-bond acceptors (Lipinski definition) is 7. The fourth-order valence-electron chi connectivity index (χ4n) is 3.58. The standard InChI is InChI=1S/C25H21Cl2FN4O4S/c1-15-29-30-25(32(15)20-9-5-18(26)6-10-20)37-23(13-31(33)34)17-11-21(27)24(22(12-17)35-2)36-14-16-3-7-19(28)8-4-16/h3-12,23H,13-14H2,1-2H3/t23-/m1/s1. The van der Waals surface area contributed by atoms with Gasteiger partial charge in [0.2, 0.25) is 6.54 Å². The fraction of sp³-hybridized carbons (Fsp3) is 0.200. The summed E-state index contributed by atoms with van der Waals surface area (Å²) in [7, 11) is 1.45. The molecule has 1 atom stereocenters. The molecule has 12 heteroatoms. The molecule has 0 saturated carbocycles. The average molecular weight is 563 g/mol. The first-order valence-electron chi connectivity index (χ1n) is 11.0. The molecule has 37 heavy (non-hydrogen) atoms. The van der Waals surface area contributed by atoms with Crippen LogP contribution in [0.15, 0.2) is 65.8 Å². The molecule has 0 unspecified atom stereocenters. The Kier molecular flexibility index (Phi) is 8.52. The molecule has 192 valence electrons. The molecule has 0 bridgehead atoms. The Morgan fingerprint density at radius 2 is 1.81 bits per heavy atom. The molecule has 0 spiro atoms. The molecule has 0 saturated heterocycles. The van der Waals surface area contributed by atoms with Gasteiger partial charge in [0.1, 0.15) is 23.5 Å². The van der Waals surface area contributed by atoms with Crippen molar-refractivity contribution in [2.75, 3.05) is 13.7 Å². The molecular formula is C25H21Cl2FN4O4S. The third-order valence-corrected chi connectivity index (χ3v) is 7.08. The van der Waals surface area contributed by atoms with Crippen LogP contribution in [0.2, 0.25) is 10.0 Å². The van der Waals surface area contributed by atoms with Crippen molar-refractivity contribution >= 4 is 35.0 Å². The van der Waals surface area contributed by atoms with E-state index in [0.717, 1.165) is 11.3 Å². The van der Waals surface area contributed by atoms with Crippen molar-refractivity contribution in [3.05, 3.63) is 104 Å². The number of aryl methyl sites for hydroxylation is 1. The topological polar surface area (TPSA) is 92.3 Å². The third-order valence-electron chi connectivity index (χ3n) is 5.36. The molecule has 0 N–H and O–H groups in total. The molecule has 0 amide bonds. The van der Waals surface area contributed by atoms with Crippen LogP contribution < -0.4 is 9.47 Å². The number of hydrogen-bond donors (Lipinski definition) is 0. The number of halogens is 3. The van der Waals surface area contributed by atoms with Crippen molar-refractivity contribution in [3.8, 4) is 17.2 Å². The van der Waals surface area contributed by atoms with Gasteiger partial charge in [-0.05, 0) is 66.6 Å². The first-order chi connectivity index (χ1) is 17.7. The van der Waals surface area contributed by atoms with E-state index in [4.69, 9.17) is 32.7 Å². The van der Waals surface area contributed by atoms with E-state index in [9.17, 15) is 14.5 Å². The minimum atomic E-state index is -0.665. The first kappa shape index (κ1) is 26.7. The lowest BCUT2D eigenvalue weighted by atomic mass is 10.1.